The minimum Gasteiger partial charge on any atom is -0.459 e. The number of hydrazine groups is 1. The Morgan fingerprint density at radius 3 is 3.00 bits per heavy atom. The van der Waals surface area contributed by atoms with Gasteiger partial charge in [-0.25, -0.2) is 10.8 Å². The summed E-state index contributed by atoms with van der Waals surface area (Å²) in [6.45, 7) is 3.38. The quantitative estimate of drug-likeness (QED) is 0.489. The maximum absolute atomic E-state index is 11.5. The number of amides is 1. The number of furan rings is 1. The number of rotatable bonds is 5. The van der Waals surface area contributed by atoms with Gasteiger partial charge in [0, 0.05) is 23.5 Å². The van der Waals surface area contributed by atoms with Crippen molar-refractivity contribution in [3.8, 4) is 0 Å². The van der Waals surface area contributed by atoms with Gasteiger partial charge in [-0.3, -0.25) is 15.1 Å². The van der Waals surface area contributed by atoms with Crippen LogP contribution < -0.4 is 11.3 Å². The van der Waals surface area contributed by atoms with E-state index in [1.807, 2.05) is 19.5 Å². The van der Waals surface area contributed by atoms with E-state index in [1.54, 1.807) is 17.4 Å². The van der Waals surface area contributed by atoms with Gasteiger partial charge in [0.2, 0.25) is 0 Å². The van der Waals surface area contributed by atoms with Gasteiger partial charge in [0.25, 0.3) is 0 Å². The van der Waals surface area contributed by atoms with Crippen LogP contribution in [0.5, 0.6) is 0 Å². The largest absolute Gasteiger partial charge is 0.459 e. The Balaban J connectivity index is 2.03. The van der Waals surface area contributed by atoms with E-state index in [0.29, 0.717) is 6.54 Å². The molecule has 102 valence electrons. The lowest BCUT2D eigenvalue weighted by molar-refractivity contribution is 0.0923. The maximum Gasteiger partial charge on any atom is 0.301 e. The van der Waals surface area contributed by atoms with E-state index >= 15 is 0 Å². The number of carbonyl (C=O) groups excluding carboxylic acids is 1. The molecule has 2 aromatic heterocycles. The summed E-state index contributed by atoms with van der Waals surface area (Å²) in [7, 11) is 1.98. The van der Waals surface area contributed by atoms with Crippen LogP contribution in [-0.4, -0.2) is 22.8 Å². The Kier molecular flexibility index (Phi) is 4.31. The number of thiazole rings is 1. The van der Waals surface area contributed by atoms with E-state index in [4.69, 9.17) is 10.3 Å². The monoisotopic (exact) mass is 280 g/mol. The molecular formula is C12H16N4O2S. The van der Waals surface area contributed by atoms with E-state index in [1.165, 1.54) is 11.1 Å². The van der Waals surface area contributed by atoms with Gasteiger partial charge in [-0.15, -0.1) is 11.3 Å². The molecule has 2 heterocycles. The van der Waals surface area contributed by atoms with Crippen molar-refractivity contribution in [2.24, 2.45) is 5.84 Å². The maximum atomic E-state index is 11.5. The number of nitrogens with one attached hydrogen (secondary N) is 1. The number of aryl methyl sites for hydroxylation is 1. The second-order valence-electron chi connectivity index (χ2n) is 4.28. The second-order valence-corrected chi connectivity index (χ2v) is 5.22. The second kappa shape index (κ2) is 5.96. The average molecular weight is 280 g/mol. The summed E-state index contributed by atoms with van der Waals surface area (Å²) in [6.07, 6.45) is 1.49. The van der Waals surface area contributed by atoms with Crippen LogP contribution in [0.3, 0.4) is 0 Å². The normalized spacial score (nSPS) is 10.9. The smallest absolute Gasteiger partial charge is 0.301 e. The number of aromatic nitrogens is 1. The van der Waals surface area contributed by atoms with Gasteiger partial charge in [-0.05, 0) is 20.0 Å². The first-order valence-corrected chi connectivity index (χ1v) is 6.64. The fourth-order valence-corrected chi connectivity index (χ4v) is 2.65. The van der Waals surface area contributed by atoms with Crippen molar-refractivity contribution in [2.45, 2.75) is 20.0 Å². The predicted molar refractivity (Wildman–Crippen MR) is 72.4 cm³/mol. The first kappa shape index (κ1) is 13.7. The van der Waals surface area contributed by atoms with Gasteiger partial charge >= 0.3 is 5.91 Å². The molecule has 0 radical (unpaired) electrons. The van der Waals surface area contributed by atoms with Gasteiger partial charge in [0.15, 0.2) is 5.76 Å². The summed E-state index contributed by atoms with van der Waals surface area (Å²) in [4.78, 5) is 19.0. The highest BCUT2D eigenvalue weighted by Gasteiger charge is 2.16. The van der Waals surface area contributed by atoms with Crippen LogP contribution in [0.25, 0.3) is 0 Å². The first-order chi connectivity index (χ1) is 9.11. The van der Waals surface area contributed by atoms with Crippen molar-refractivity contribution >= 4 is 17.2 Å². The molecule has 0 unspecified atom stereocenters. The Morgan fingerprint density at radius 2 is 2.37 bits per heavy atom. The zero-order valence-corrected chi connectivity index (χ0v) is 11.7. The highest BCUT2D eigenvalue weighted by Crippen LogP contribution is 2.17. The van der Waals surface area contributed by atoms with Crippen LogP contribution in [0.2, 0.25) is 0 Å². The third-order valence-electron chi connectivity index (χ3n) is 2.78. The van der Waals surface area contributed by atoms with E-state index in [2.05, 4.69) is 15.3 Å². The molecule has 0 atom stereocenters. The van der Waals surface area contributed by atoms with Gasteiger partial charge < -0.3 is 4.42 Å². The molecule has 1 amide bonds. The first-order valence-electron chi connectivity index (χ1n) is 5.76. The summed E-state index contributed by atoms with van der Waals surface area (Å²) < 4.78 is 5.15. The molecule has 6 nitrogen and oxygen atoms in total. The standard InChI is InChI=1S/C12H16N4O2S/c1-8-10(19-7-14-8)6-16(2)5-9-3-4-18-11(9)12(17)15-13/h3-4,7H,5-6,13H2,1-2H3,(H,15,17). The van der Waals surface area contributed by atoms with Crippen LogP contribution in [0.15, 0.2) is 22.3 Å². The van der Waals surface area contributed by atoms with Crippen LogP contribution in [0.1, 0.15) is 26.7 Å². The van der Waals surface area contributed by atoms with Crippen molar-refractivity contribution in [1.29, 1.82) is 0 Å². The lowest BCUT2D eigenvalue weighted by atomic mass is 10.2. The lowest BCUT2D eigenvalue weighted by Gasteiger charge is -2.15. The molecule has 0 aliphatic rings. The summed E-state index contributed by atoms with van der Waals surface area (Å²) in [6, 6.07) is 1.78. The van der Waals surface area contributed by atoms with Gasteiger partial charge in [-0.2, -0.15) is 0 Å². The molecule has 0 spiro atoms. The molecular weight excluding hydrogens is 264 g/mol. The summed E-state index contributed by atoms with van der Waals surface area (Å²) in [5.41, 5.74) is 5.77. The Morgan fingerprint density at radius 1 is 1.58 bits per heavy atom. The Hall–Kier alpha value is -1.70. The highest BCUT2D eigenvalue weighted by molar-refractivity contribution is 7.09. The number of nitrogen functional groups attached to an aromatic ring is 1. The fourth-order valence-electron chi connectivity index (χ4n) is 1.79. The molecule has 7 heteroatoms. The van der Waals surface area contributed by atoms with E-state index in [0.717, 1.165) is 17.8 Å². The summed E-state index contributed by atoms with van der Waals surface area (Å²) in [5.74, 6) is 4.96. The molecule has 0 aliphatic heterocycles. The highest BCUT2D eigenvalue weighted by atomic mass is 32.1. The Bertz CT molecular complexity index is 564. The number of nitrogens with zero attached hydrogens (tertiary/aromatic N) is 2. The molecule has 0 saturated heterocycles. The zero-order valence-electron chi connectivity index (χ0n) is 10.8. The van der Waals surface area contributed by atoms with Crippen molar-refractivity contribution in [1.82, 2.24) is 15.3 Å². The van der Waals surface area contributed by atoms with Crippen molar-refractivity contribution < 1.29 is 9.21 Å². The van der Waals surface area contributed by atoms with E-state index in [9.17, 15) is 4.79 Å². The molecule has 0 saturated carbocycles. The molecule has 0 aromatic carbocycles. The third kappa shape index (κ3) is 3.19. The molecule has 3 N–H and O–H groups in total. The van der Waals surface area contributed by atoms with Crippen LogP contribution >= 0.6 is 11.3 Å². The van der Waals surface area contributed by atoms with Gasteiger partial charge in [0.05, 0.1) is 17.5 Å². The SMILES string of the molecule is Cc1ncsc1CN(C)Cc1ccoc1C(=O)NN. The lowest BCUT2D eigenvalue weighted by Crippen LogP contribution is -2.31. The number of hydrogen-bond donors (Lipinski definition) is 2. The van der Waals surface area contributed by atoms with Crippen molar-refractivity contribution in [2.75, 3.05) is 7.05 Å². The minimum absolute atomic E-state index is 0.260. The summed E-state index contributed by atoms with van der Waals surface area (Å²) >= 11 is 1.63. The number of nitrogens with two attached hydrogens (primary N) is 1. The molecule has 2 aromatic rings. The predicted octanol–water partition coefficient (Wildman–Crippen LogP) is 1.28. The molecule has 2 rings (SSSR count). The van der Waals surface area contributed by atoms with Gasteiger partial charge in [0.1, 0.15) is 0 Å². The van der Waals surface area contributed by atoms with Crippen LogP contribution in [0.4, 0.5) is 0 Å². The Labute approximate surface area is 115 Å². The minimum atomic E-state index is -0.414. The van der Waals surface area contributed by atoms with E-state index in [-0.39, 0.29) is 5.76 Å². The van der Waals surface area contributed by atoms with Crippen molar-refractivity contribution in [3.63, 3.8) is 0 Å². The molecule has 0 bridgehead atoms. The third-order valence-corrected chi connectivity index (χ3v) is 3.70. The number of hydrogen-bond acceptors (Lipinski definition) is 6. The molecule has 19 heavy (non-hydrogen) atoms. The topological polar surface area (TPSA) is 84.4 Å². The number of carbonyl (C=O) groups is 1. The fraction of sp³-hybridized carbons (Fsp3) is 0.333. The van der Waals surface area contributed by atoms with Crippen LogP contribution in [0, 0.1) is 6.92 Å². The van der Waals surface area contributed by atoms with Crippen molar-refractivity contribution in [3.05, 3.63) is 39.7 Å². The molecule has 0 aliphatic carbocycles. The zero-order chi connectivity index (χ0) is 13.8. The van der Waals surface area contributed by atoms with Crippen LogP contribution in [-0.2, 0) is 13.1 Å². The van der Waals surface area contributed by atoms with E-state index < -0.39 is 5.91 Å². The van der Waals surface area contributed by atoms with Gasteiger partial charge in [-0.1, -0.05) is 0 Å². The molecule has 0 fully saturated rings. The average Bonchev–Trinajstić information content (AvgIpc) is 2.99. The summed E-state index contributed by atoms with van der Waals surface area (Å²) in [5, 5.41) is 0.